The summed E-state index contributed by atoms with van der Waals surface area (Å²) in [6, 6.07) is 5.06. The van der Waals surface area contributed by atoms with E-state index in [1.54, 1.807) is 19.1 Å². The van der Waals surface area contributed by atoms with Crippen molar-refractivity contribution in [2.75, 3.05) is 6.61 Å². The number of hydrogen-bond donors (Lipinski definition) is 1. The van der Waals surface area contributed by atoms with Crippen LogP contribution in [0.25, 0.3) is 0 Å². The number of aliphatic carboxylic acids is 1. The first-order valence-corrected chi connectivity index (χ1v) is 6.66. The van der Waals surface area contributed by atoms with E-state index in [4.69, 9.17) is 14.3 Å². The molecule has 2 aromatic rings. The minimum absolute atomic E-state index is 0.114. The third kappa shape index (κ3) is 2.31. The summed E-state index contributed by atoms with van der Waals surface area (Å²) in [6.07, 6.45) is 2.00. The maximum atomic E-state index is 12.6. The van der Waals surface area contributed by atoms with Crippen molar-refractivity contribution in [1.82, 2.24) is 0 Å². The number of benzene rings is 1. The van der Waals surface area contributed by atoms with Gasteiger partial charge in [0.1, 0.15) is 5.75 Å². The second kappa shape index (κ2) is 5.09. The van der Waals surface area contributed by atoms with Crippen LogP contribution in [0.15, 0.2) is 28.9 Å². The highest BCUT2D eigenvalue weighted by Crippen LogP contribution is 2.36. The molecule has 1 aromatic heterocycles. The standard InChI is InChI=1S/C16H14O5/c1-9-11(8-13(17)18)7-10-4-6-21-16(10)14(9)15(19)12-3-2-5-20-12/h2-3,5,7H,4,6,8H2,1H3,(H,17,18). The highest BCUT2D eigenvalue weighted by atomic mass is 16.5. The number of hydrogen-bond acceptors (Lipinski definition) is 4. The number of ketones is 1. The molecule has 0 bridgehead atoms. The van der Waals surface area contributed by atoms with Crippen LogP contribution in [0.2, 0.25) is 0 Å². The van der Waals surface area contributed by atoms with Gasteiger partial charge in [-0.05, 0) is 35.7 Å². The minimum atomic E-state index is -0.923. The molecule has 0 unspecified atom stereocenters. The average molecular weight is 286 g/mol. The van der Waals surface area contributed by atoms with Crippen LogP contribution in [0.3, 0.4) is 0 Å². The Hall–Kier alpha value is -2.56. The Bertz CT molecular complexity index is 713. The second-order valence-electron chi connectivity index (χ2n) is 5.00. The predicted octanol–water partition coefficient (Wildman–Crippen LogP) is 2.38. The molecule has 3 rings (SSSR count). The van der Waals surface area contributed by atoms with Crippen molar-refractivity contribution in [3.8, 4) is 5.75 Å². The number of carbonyl (C=O) groups excluding carboxylic acids is 1. The molecule has 0 spiro atoms. The second-order valence-corrected chi connectivity index (χ2v) is 5.00. The zero-order valence-corrected chi connectivity index (χ0v) is 11.5. The van der Waals surface area contributed by atoms with Crippen LogP contribution < -0.4 is 4.74 Å². The predicted molar refractivity (Wildman–Crippen MR) is 73.9 cm³/mol. The fourth-order valence-corrected chi connectivity index (χ4v) is 2.64. The van der Waals surface area contributed by atoms with Gasteiger partial charge in [0.15, 0.2) is 5.76 Å². The zero-order valence-electron chi connectivity index (χ0n) is 11.5. The summed E-state index contributed by atoms with van der Waals surface area (Å²) in [6.45, 7) is 2.25. The summed E-state index contributed by atoms with van der Waals surface area (Å²) in [5, 5.41) is 9.02. The molecule has 21 heavy (non-hydrogen) atoms. The molecule has 2 heterocycles. The number of rotatable bonds is 4. The van der Waals surface area contributed by atoms with Gasteiger partial charge in [0.2, 0.25) is 5.78 Å². The fourth-order valence-electron chi connectivity index (χ4n) is 2.64. The number of fused-ring (bicyclic) bond motifs is 1. The summed E-state index contributed by atoms with van der Waals surface area (Å²) in [7, 11) is 0. The molecule has 0 saturated carbocycles. The van der Waals surface area contributed by atoms with E-state index in [1.165, 1.54) is 6.26 Å². The lowest BCUT2D eigenvalue weighted by Gasteiger charge is -2.13. The highest BCUT2D eigenvalue weighted by Gasteiger charge is 2.27. The van der Waals surface area contributed by atoms with Gasteiger partial charge in [-0.3, -0.25) is 9.59 Å². The quantitative estimate of drug-likeness (QED) is 0.873. The van der Waals surface area contributed by atoms with E-state index in [9.17, 15) is 9.59 Å². The van der Waals surface area contributed by atoms with Gasteiger partial charge in [0.25, 0.3) is 0 Å². The Kier molecular flexibility index (Phi) is 3.25. The number of carboxylic acid groups (broad SMARTS) is 1. The number of carboxylic acids is 1. The largest absolute Gasteiger partial charge is 0.492 e. The molecule has 0 amide bonds. The Morgan fingerprint density at radius 3 is 2.86 bits per heavy atom. The first-order chi connectivity index (χ1) is 10.1. The lowest BCUT2D eigenvalue weighted by atomic mass is 9.92. The minimum Gasteiger partial charge on any atom is -0.492 e. The van der Waals surface area contributed by atoms with Crippen molar-refractivity contribution in [3.05, 3.63) is 52.5 Å². The van der Waals surface area contributed by atoms with Crippen LogP contribution in [0.4, 0.5) is 0 Å². The first kappa shape index (κ1) is 13.4. The lowest BCUT2D eigenvalue weighted by Crippen LogP contribution is -2.10. The van der Waals surface area contributed by atoms with Gasteiger partial charge in [0, 0.05) is 6.42 Å². The summed E-state index contributed by atoms with van der Waals surface area (Å²) in [5.74, 6) is -0.414. The van der Waals surface area contributed by atoms with Gasteiger partial charge >= 0.3 is 5.97 Å². The van der Waals surface area contributed by atoms with Gasteiger partial charge in [-0.25, -0.2) is 0 Å². The maximum absolute atomic E-state index is 12.6. The Labute approximate surface area is 121 Å². The number of furan rings is 1. The first-order valence-electron chi connectivity index (χ1n) is 6.66. The molecular weight excluding hydrogens is 272 g/mol. The smallest absolute Gasteiger partial charge is 0.307 e. The van der Waals surface area contributed by atoms with Crippen molar-refractivity contribution in [1.29, 1.82) is 0 Å². The number of carbonyl (C=O) groups is 2. The molecule has 1 aliphatic rings. The molecule has 108 valence electrons. The van der Waals surface area contributed by atoms with E-state index >= 15 is 0 Å². The molecule has 5 heteroatoms. The van der Waals surface area contributed by atoms with E-state index in [0.29, 0.717) is 35.5 Å². The van der Waals surface area contributed by atoms with Crippen LogP contribution in [0, 0.1) is 6.92 Å². The molecule has 1 aliphatic heterocycles. The summed E-state index contributed by atoms with van der Waals surface area (Å²) in [4.78, 5) is 23.6. The Morgan fingerprint density at radius 1 is 1.38 bits per heavy atom. The normalized spacial score (nSPS) is 12.8. The van der Waals surface area contributed by atoms with Crippen molar-refractivity contribution in [2.45, 2.75) is 19.8 Å². The Balaban J connectivity index is 2.16. The molecule has 5 nitrogen and oxygen atoms in total. The van der Waals surface area contributed by atoms with Crippen LogP contribution in [0.1, 0.15) is 32.8 Å². The van der Waals surface area contributed by atoms with Crippen molar-refractivity contribution in [3.63, 3.8) is 0 Å². The van der Waals surface area contributed by atoms with Gasteiger partial charge in [-0.1, -0.05) is 6.07 Å². The van der Waals surface area contributed by atoms with Crippen molar-refractivity contribution < 1.29 is 23.8 Å². The molecule has 1 N–H and O–H groups in total. The molecule has 0 fully saturated rings. The number of ether oxygens (including phenoxy) is 1. The van der Waals surface area contributed by atoms with Gasteiger partial charge in [0.05, 0.1) is 24.9 Å². The SMILES string of the molecule is Cc1c(CC(=O)O)cc2c(c1C(=O)c1ccco1)OCC2. The average Bonchev–Trinajstić information content (AvgIpc) is 3.08. The molecule has 0 atom stereocenters. The lowest BCUT2D eigenvalue weighted by molar-refractivity contribution is -0.136. The summed E-state index contributed by atoms with van der Waals surface area (Å²) < 4.78 is 10.7. The van der Waals surface area contributed by atoms with Gasteiger partial charge in [-0.2, -0.15) is 0 Å². The van der Waals surface area contributed by atoms with Gasteiger partial charge in [-0.15, -0.1) is 0 Å². The van der Waals surface area contributed by atoms with Crippen molar-refractivity contribution in [2.24, 2.45) is 0 Å². The van der Waals surface area contributed by atoms with E-state index < -0.39 is 5.97 Å². The Morgan fingerprint density at radius 2 is 2.19 bits per heavy atom. The highest BCUT2D eigenvalue weighted by molar-refractivity contribution is 6.10. The van der Waals surface area contributed by atoms with Gasteiger partial charge < -0.3 is 14.3 Å². The topological polar surface area (TPSA) is 76.7 Å². The van der Waals surface area contributed by atoms with Crippen molar-refractivity contribution >= 4 is 11.8 Å². The van der Waals surface area contributed by atoms with Crippen LogP contribution in [0.5, 0.6) is 5.75 Å². The van der Waals surface area contributed by atoms with E-state index in [2.05, 4.69) is 0 Å². The fraction of sp³-hybridized carbons (Fsp3) is 0.250. The molecular formula is C16H14O5. The third-order valence-electron chi connectivity index (χ3n) is 3.66. The van der Waals surface area contributed by atoms with Crippen LogP contribution in [-0.4, -0.2) is 23.5 Å². The molecule has 1 aromatic carbocycles. The zero-order chi connectivity index (χ0) is 15.0. The third-order valence-corrected chi connectivity index (χ3v) is 3.66. The van der Waals surface area contributed by atoms with E-state index in [0.717, 1.165) is 5.56 Å². The summed E-state index contributed by atoms with van der Waals surface area (Å²) >= 11 is 0. The van der Waals surface area contributed by atoms with E-state index in [-0.39, 0.29) is 18.0 Å². The molecule has 0 saturated heterocycles. The van der Waals surface area contributed by atoms with Crippen LogP contribution in [-0.2, 0) is 17.6 Å². The monoisotopic (exact) mass is 286 g/mol. The molecule has 0 radical (unpaired) electrons. The van der Waals surface area contributed by atoms with Crippen LogP contribution >= 0.6 is 0 Å². The molecule has 0 aliphatic carbocycles. The summed E-state index contributed by atoms with van der Waals surface area (Å²) in [5.41, 5.74) is 2.57. The maximum Gasteiger partial charge on any atom is 0.307 e. The van der Waals surface area contributed by atoms with E-state index in [1.807, 2.05) is 6.07 Å².